The zero-order valence-corrected chi connectivity index (χ0v) is 17.3. The zero-order chi connectivity index (χ0) is 19.9. The SMILES string of the molecule is CC1=CC=CCC1Nc1ncc2ccc3sc(C(=O)OC(C)(C)C)cc3c2n1. The van der Waals surface area contributed by atoms with Gasteiger partial charge in [-0.2, -0.15) is 0 Å². The number of carbonyl (C=O) groups excluding carboxylic acids is 1. The van der Waals surface area contributed by atoms with Gasteiger partial charge in [0.05, 0.1) is 11.6 Å². The Morgan fingerprint density at radius 3 is 2.89 bits per heavy atom. The molecule has 0 radical (unpaired) electrons. The molecule has 0 fully saturated rings. The molecule has 144 valence electrons. The van der Waals surface area contributed by atoms with Gasteiger partial charge >= 0.3 is 5.97 Å². The highest BCUT2D eigenvalue weighted by molar-refractivity contribution is 7.20. The van der Waals surface area contributed by atoms with Crippen LogP contribution in [0.25, 0.3) is 21.0 Å². The quantitative estimate of drug-likeness (QED) is 0.596. The third-order valence-electron chi connectivity index (χ3n) is 4.57. The van der Waals surface area contributed by atoms with Crippen molar-refractivity contribution in [2.75, 3.05) is 5.32 Å². The lowest BCUT2D eigenvalue weighted by Gasteiger charge is -2.20. The number of esters is 1. The Hall–Kier alpha value is -2.73. The van der Waals surface area contributed by atoms with Crippen molar-refractivity contribution in [3.05, 3.63) is 53.1 Å². The molecule has 0 saturated carbocycles. The van der Waals surface area contributed by atoms with Gasteiger partial charge in [-0.05, 0) is 52.3 Å². The molecule has 3 aromatic rings. The number of anilines is 1. The first-order chi connectivity index (χ1) is 13.3. The number of hydrogen-bond acceptors (Lipinski definition) is 6. The van der Waals surface area contributed by atoms with Crippen molar-refractivity contribution in [2.24, 2.45) is 0 Å². The molecule has 6 heteroatoms. The summed E-state index contributed by atoms with van der Waals surface area (Å²) >= 11 is 1.43. The van der Waals surface area contributed by atoms with Crippen LogP contribution in [0, 0.1) is 0 Å². The molecular weight excluding hydrogens is 370 g/mol. The van der Waals surface area contributed by atoms with Gasteiger partial charge in [-0.3, -0.25) is 0 Å². The van der Waals surface area contributed by atoms with Crippen molar-refractivity contribution in [3.63, 3.8) is 0 Å². The number of benzene rings is 1. The molecule has 5 nitrogen and oxygen atoms in total. The topological polar surface area (TPSA) is 64.1 Å². The first-order valence-corrected chi connectivity index (χ1v) is 10.1. The van der Waals surface area contributed by atoms with Crippen LogP contribution in [0.1, 0.15) is 43.8 Å². The van der Waals surface area contributed by atoms with Gasteiger partial charge in [0, 0.05) is 21.7 Å². The van der Waals surface area contributed by atoms with Crippen LogP contribution in [0.2, 0.25) is 0 Å². The van der Waals surface area contributed by atoms with Crippen molar-refractivity contribution < 1.29 is 9.53 Å². The minimum Gasteiger partial charge on any atom is -0.456 e. The van der Waals surface area contributed by atoms with E-state index in [4.69, 9.17) is 9.72 Å². The number of hydrogen-bond donors (Lipinski definition) is 1. The van der Waals surface area contributed by atoms with E-state index in [2.05, 4.69) is 35.5 Å². The minimum atomic E-state index is -0.519. The Bertz CT molecular complexity index is 1120. The fraction of sp³-hybridized carbons (Fsp3) is 0.318. The summed E-state index contributed by atoms with van der Waals surface area (Å²) in [4.78, 5) is 22.3. The number of rotatable bonds is 3. The lowest BCUT2D eigenvalue weighted by atomic mass is 10.0. The average molecular weight is 394 g/mol. The van der Waals surface area contributed by atoms with Gasteiger partial charge in [0.25, 0.3) is 0 Å². The predicted molar refractivity (Wildman–Crippen MR) is 115 cm³/mol. The van der Waals surface area contributed by atoms with E-state index in [1.807, 2.05) is 45.2 Å². The largest absolute Gasteiger partial charge is 0.456 e. The van der Waals surface area contributed by atoms with E-state index in [1.54, 1.807) is 0 Å². The molecular formula is C22H23N3O2S. The molecule has 28 heavy (non-hydrogen) atoms. The van der Waals surface area contributed by atoms with Crippen LogP contribution < -0.4 is 5.32 Å². The van der Waals surface area contributed by atoms with Crippen molar-refractivity contribution in [1.29, 1.82) is 0 Å². The first-order valence-electron chi connectivity index (χ1n) is 9.33. The maximum atomic E-state index is 12.5. The second-order valence-corrected chi connectivity index (χ2v) is 9.08. The number of carbonyl (C=O) groups is 1. The number of ether oxygens (including phenoxy) is 1. The Balaban J connectivity index is 1.71. The van der Waals surface area contributed by atoms with Gasteiger partial charge in [0.1, 0.15) is 10.5 Å². The maximum Gasteiger partial charge on any atom is 0.348 e. The number of aromatic nitrogens is 2. The van der Waals surface area contributed by atoms with Crippen molar-refractivity contribution in [2.45, 2.75) is 45.8 Å². The van der Waals surface area contributed by atoms with E-state index in [0.29, 0.717) is 10.8 Å². The highest BCUT2D eigenvalue weighted by Gasteiger charge is 2.21. The zero-order valence-electron chi connectivity index (χ0n) is 16.4. The Morgan fingerprint density at radius 1 is 1.32 bits per heavy atom. The second-order valence-electron chi connectivity index (χ2n) is 7.99. The molecule has 1 aliphatic rings. The Kier molecular flexibility index (Phi) is 4.67. The number of fused-ring (bicyclic) bond motifs is 3. The standard InChI is InChI=1S/C22H23N3O2S/c1-13-7-5-6-8-16(13)24-21-23-12-14-9-10-17-15(19(14)25-21)11-18(28-17)20(26)27-22(2,3)4/h5-7,9-12,16H,8H2,1-4H3,(H,23,24,25). The summed E-state index contributed by atoms with van der Waals surface area (Å²) in [5.74, 6) is 0.294. The summed E-state index contributed by atoms with van der Waals surface area (Å²) in [6.45, 7) is 7.72. The van der Waals surface area contributed by atoms with Crippen LogP contribution in [0.5, 0.6) is 0 Å². The summed E-state index contributed by atoms with van der Waals surface area (Å²) in [6.07, 6.45) is 9.05. The molecule has 2 heterocycles. The van der Waals surface area contributed by atoms with Gasteiger partial charge in [-0.1, -0.05) is 23.8 Å². The molecule has 0 amide bonds. The average Bonchev–Trinajstić information content (AvgIpc) is 3.07. The molecule has 4 rings (SSSR count). The van der Waals surface area contributed by atoms with Gasteiger partial charge in [0.15, 0.2) is 0 Å². The van der Waals surface area contributed by atoms with E-state index < -0.39 is 5.60 Å². The first kappa shape index (κ1) is 18.6. The Labute approximate surface area is 168 Å². The summed E-state index contributed by atoms with van der Waals surface area (Å²) in [7, 11) is 0. The van der Waals surface area contributed by atoms with E-state index >= 15 is 0 Å². The van der Waals surface area contributed by atoms with Gasteiger partial charge in [-0.25, -0.2) is 14.8 Å². The fourth-order valence-corrected chi connectivity index (χ4v) is 4.11. The molecule has 0 saturated heterocycles. The summed E-state index contributed by atoms with van der Waals surface area (Å²) < 4.78 is 6.52. The van der Waals surface area contributed by atoms with E-state index in [-0.39, 0.29) is 12.0 Å². The number of thiophene rings is 1. The minimum absolute atomic E-state index is 0.196. The number of nitrogens with zero attached hydrogens (tertiary/aromatic N) is 2. The van der Waals surface area contributed by atoms with Crippen LogP contribution in [-0.2, 0) is 4.74 Å². The molecule has 1 atom stereocenters. The van der Waals surface area contributed by atoms with Crippen molar-refractivity contribution in [1.82, 2.24) is 9.97 Å². The normalized spacial score (nSPS) is 17.0. The summed E-state index contributed by atoms with van der Waals surface area (Å²) in [5.41, 5.74) is 1.58. The Morgan fingerprint density at radius 2 is 2.14 bits per heavy atom. The molecule has 1 N–H and O–H groups in total. The number of nitrogens with one attached hydrogen (secondary N) is 1. The molecule has 2 aromatic heterocycles. The van der Waals surface area contributed by atoms with Crippen LogP contribution in [0.4, 0.5) is 5.95 Å². The van der Waals surface area contributed by atoms with Crippen LogP contribution >= 0.6 is 11.3 Å². The maximum absolute atomic E-state index is 12.5. The lowest BCUT2D eigenvalue weighted by molar-refractivity contribution is 0.00753. The third kappa shape index (κ3) is 3.78. The molecule has 1 aromatic carbocycles. The van der Waals surface area contributed by atoms with Crippen LogP contribution in [0.15, 0.2) is 48.2 Å². The molecule has 1 aliphatic carbocycles. The van der Waals surface area contributed by atoms with Gasteiger partial charge in [0.2, 0.25) is 5.95 Å². The van der Waals surface area contributed by atoms with E-state index in [1.165, 1.54) is 16.9 Å². The molecule has 0 aliphatic heterocycles. The monoisotopic (exact) mass is 393 g/mol. The predicted octanol–water partition coefficient (Wildman–Crippen LogP) is 5.49. The smallest absolute Gasteiger partial charge is 0.348 e. The van der Waals surface area contributed by atoms with E-state index in [9.17, 15) is 4.79 Å². The number of allylic oxidation sites excluding steroid dienone is 2. The van der Waals surface area contributed by atoms with Gasteiger partial charge < -0.3 is 10.1 Å². The van der Waals surface area contributed by atoms with E-state index in [0.717, 1.165) is 27.4 Å². The molecule has 0 bridgehead atoms. The highest BCUT2D eigenvalue weighted by Crippen LogP contribution is 2.32. The van der Waals surface area contributed by atoms with Crippen molar-refractivity contribution in [3.8, 4) is 0 Å². The molecule has 1 unspecified atom stereocenters. The highest BCUT2D eigenvalue weighted by atomic mass is 32.1. The summed E-state index contributed by atoms with van der Waals surface area (Å²) in [6, 6.07) is 6.07. The van der Waals surface area contributed by atoms with Gasteiger partial charge in [-0.15, -0.1) is 11.3 Å². The van der Waals surface area contributed by atoms with Crippen molar-refractivity contribution >= 4 is 44.2 Å². The third-order valence-corrected chi connectivity index (χ3v) is 5.65. The molecule has 0 spiro atoms. The fourth-order valence-electron chi connectivity index (χ4n) is 3.17. The second kappa shape index (κ2) is 7.02. The van der Waals surface area contributed by atoms with Crippen LogP contribution in [0.3, 0.4) is 0 Å². The van der Waals surface area contributed by atoms with Crippen LogP contribution in [-0.4, -0.2) is 27.6 Å². The lowest BCUT2D eigenvalue weighted by Crippen LogP contribution is -2.23. The summed E-state index contributed by atoms with van der Waals surface area (Å²) in [5, 5.41) is 5.31.